The predicted octanol–water partition coefficient (Wildman–Crippen LogP) is 2.48. The average molecular weight is 356 g/mol. The molecule has 0 fully saturated rings. The smallest absolute Gasteiger partial charge is 0.185 e. The molecule has 0 heterocycles. The number of hydrogen-bond acceptors (Lipinski definition) is 5. The van der Waals surface area contributed by atoms with E-state index in [0.29, 0.717) is 9.50 Å². The minimum absolute atomic E-state index is 0.0417. The summed E-state index contributed by atoms with van der Waals surface area (Å²) in [6.45, 7) is 1.37. The standard InChI is InChI=1S/C11H12BrClO4S/c1-5(14)18-4-9(15)11(17)7-2-6(13)3-8(12)10(7)16/h2-3,9,11,15-17H,4H2,1H3. The Hall–Kier alpha value is -0.270. The number of phenolic OH excluding ortho intramolecular Hbond substituents is 1. The molecular formula is C11H12BrClO4S. The first kappa shape index (κ1) is 15.8. The van der Waals surface area contributed by atoms with Gasteiger partial charge in [-0.1, -0.05) is 23.4 Å². The number of thioether (sulfide) groups is 1. The van der Waals surface area contributed by atoms with Gasteiger partial charge in [0.1, 0.15) is 11.9 Å². The number of phenols is 1. The van der Waals surface area contributed by atoms with Crippen LogP contribution in [-0.4, -0.2) is 32.3 Å². The number of benzene rings is 1. The number of aliphatic hydroxyl groups is 2. The van der Waals surface area contributed by atoms with E-state index in [9.17, 15) is 20.1 Å². The van der Waals surface area contributed by atoms with Crippen molar-refractivity contribution in [2.45, 2.75) is 19.1 Å². The third-order valence-electron chi connectivity index (χ3n) is 2.20. The van der Waals surface area contributed by atoms with E-state index in [4.69, 9.17) is 11.6 Å². The molecule has 0 aromatic heterocycles. The van der Waals surface area contributed by atoms with Crippen LogP contribution in [0.1, 0.15) is 18.6 Å². The summed E-state index contributed by atoms with van der Waals surface area (Å²) >= 11 is 9.80. The van der Waals surface area contributed by atoms with Crippen LogP contribution in [0.2, 0.25) is 5.02 Å². The van der Waals surface area contributed by atoms with Crippen LogP contribution in [0.5, 0.6) is 5.75 Å². The molecule has 0 bridgehead atoms. The maximum atomic E-state index is 10.8. The molecule has 7 heteroatoms. The van der Waals surface area contributed by atoms with Gasteiger partial charge >= 0.3 is 0 Å². The number of carbonyl (C=O) groups excluding carboxylic acids is 1. The van der Waals surface area contributed by atoms with Gasteiger partial charge in [-0.15, -0.1) is 0 Å². The van der Waals surface area contributed by atoms with Crippen molar-refractivity contribution in [1.82, 2.24) is 0 Å². The van der Waals surface area contributed by atoms with E-state index in [-0.39, 0.29) is 22.2 Å². The molecule has 2 unspecified atom stereocenters. The molecule has 100 valence electrons. The van der Waals surface area contributed by atoms with Gasteiger partial charge in [0.15, 0.2) is 5.12 Å². The van der Waals surface area contributed by atoms with Crippen molar-refractivity contribution in [3.63, 3.8) is 0 Å². The van der Waals surface area contributed by atoms with Crippen molar-refractivity contribution in [2.75, 3.05) is 5.75 Å². The molecule has 18 heavy (non-hydrogen) atoms. The lowest BCUT2D eigenvalue weighted by Gasteiger charge is -2.19. The second-order valence-corrected chi connectivity index (χ2v) is 6.13. The van der Waals surface area contributed by atoms with Gasteiger partial charge in [0.25, 0.3) is 0 Å². The first-order valence-corrected chi connectivity index (χ1v) is 7.16. The van der Waals surface area contributed by atoms with Crippen molar-refractivity contribution >= 4 is 44.4 Å². The van der Waals surface area contributed by atoms with Crippen molar-refractivity contribution in [3.8, 4) is 5.75 Å². The molecular weight excluding hydrogens is 344 g/mol. The minimum atomic E-state index is -1.31. The molecule has 0 radical (unpaired) electrons. The summed E-state index contributed by atoms with van der Waals surface area (Å²) in [5, 5.41) is 29.6. The summed E-state index contributed by atoms with van der Waals surface area (Å²) in [4.78, 5) is 10.8. The van der Waals surface area contributed by atoms with E-state index in [1.807, 2.05) is 0 Å². The number of aliphatic hydroxyl groups excluding tert-OH is 2. The molecule has 0 aliphatic carbocycles. The second-order valence-electron chi connectivity index (χ2n) is 3.64. The van der Waals surface area contributed by atoms with Gasteiger partial charge in [0, 0.05) is 23.3 Å². The van der Waals surface area contributed by atoms with E-state index in [2.05, 4.69) is 15.9 Å². The Bertz CT molecular complexity index is 455. The van der Waals surface area contributed by atoms with Crippen LogP contribution < -0.4 is 0 Å². The summed E-state index contributed by atoms with van der Waals surface area (Å²) in [5.41, 5.74) is 0.117. The lowest BCUT2D eigenvalue weighted by atomic mass is 10.0. The maximum absolute atomic E-state index is 10.8. The van der Waals surface area contributed by atoms with E-state index >= 15 is 0 Å². The summed E-state index contributed by atoms with van der Waals surface area (Å²) in [6.07, 6.45) is -2.48. The van der Waals surface area contributed by atoms with Gasteiger partial charge < -0.3 is 15.3 Å². The van der Waals surface area contributed by atoms with Crippen LogP contribution in [0.15, 0.2) is 16.6 Å². The van der Waals surface area contributed by atoms with Crippen LogP contribution in [0, 0.1) is 0 Å². The SMILES string of the molecule is CC(=O)SCC(O)C(O)c1cc(Cl)cc(Br)c1O. The summed E-state index contributed by atoms with van der Waals surface area (Å²) < 4.78 is 0.329. The van der Waals surface area contributed by atoms with E-state index in [1.165, 1.54) is 19.1 Å². The molecule has 0 amide bonds. The maximum Gasteiger partial charge on any atom is 0.185 e. The van der Waals surface area contributed by atoms with Gasteiger partial charge in [0.2, 0.25) is 0 Å². The predicted molar refractivity (Wildman–Crippen MR) is 74.9 cm³/mol. The van der Waals surface area contributed by atoms with Crippen LogP contribution in [0.4, 0.5) is 0 Å². The number of carbonyl (C=O) groups is 1. The van der Waals surface area contributed by atoms with Crippen molar-refractivity contribution in [1.29, 1.82) is 0 Å². The number of aromatic hydroxyl groups is 1. The Kier molecular flexibility index (Phi) is 5.94. The highest BCUT2D eigenvalue weighted by molar-refractivity contribution is 9.10. The second kappa shape index (κ2) is 6.77. The monoisotopic (exact) mass is 354 g/mol. The quantitative estimate of drug-likeness (QED) is 0.773. The van der Waals surface area contributed by atoms with Crippen molar-refractivity contribution in [3.05, 3.63) is 27.2 Å². The molecule has 1 aromatic carbocycles. The molecule has 3 N–H and O–H groups in total. The Morgan fingerprint density at radius 1 is 1.50 bits per heavy atom. The molecule has 1 rings (SSSR count). The fourth-order valence-electron chi connectivity index (χ4n) is 1.31. The van der Waals surface area contributed by atoms with E-state index in [0.717, 1.165) is 11.8 Å². The normalized spacial score (nSPS) is 14.3. The van der Waals surface area contributed by atoms with Crippen molar-refractivity contribution in [2.24, 2.45) is 0 Å². The molecule has 0 spiro atoms. The fourth-order valence-corrected chi connectivity index (χ4v) is 2.73. The first-order valence-electron chi connectivity index (χ1n) is 5.00. The first-order chi connectivity index (χ1) is 8.32. The third kappa shape index (κ3) is 4.13. The molecule has 0 aliphatic rings. The third-order valence-corrected chi connectivity index (χ3v) is 3.94. The zero-order chi connectivity index (χ0) is 13.9. The van der Waals surface area contributed by atoms with Gasteiger partial charge in [0.05, 0.1) is 10.6 Å². The lowest BCUT2D eigenvalue weighted by Crippen LogP contribution is -2.21. The largest absolute Gasteiger partial charge is 0.506 e. The van der Waals surface area contributed by atoms with Crippen LogP contribution in [0.3, 0.4) is 0 Å². The van der Waals surface area contributed by atoms with Crippen LogP contribution in [-0.2, 0) is 4.79 Å². The van der Waals surface area contributed by atoms with E-state index in [1.54, 1.807) is 0 Å². The van der Waals surface area contributed by atoms with Gasteiger partial charge in [-0.3, -0.25) is 4.79 Å². The molecule has 0 aliphatic heterocycles. The highest BCUT2D eigenvalue weighted by Gasteiger charge is 2.23. The summed E-state index contributed by atoms with van der Waals surface area (Å²) in [6, 6.07) is 2.85. The minimum Gasteiger partial charge on any atom is -0.506 e. The van der Waals surface area contributed by atoms with Gasteiger partial charge in [-0.05, 0) is 28.1 Å². The molecule has 0 saturated heterocycles. The molecule has 4 nitrogen and oxygen atoms in total. The van der Waals surface area contributed by atoms with E-state index < -0.39 is 12.2 Å². The summed E-state index contributed by atoms with van der Waals surface area (Å²) in [7, 11) is 0. The van der Waals surface area contributed by atoms with Crippen LogP contribution in [0.25, 0.3) is 0 Å². The van der Waals surface area contributed by atoms with Gasteiger partial charge in [-0.25, -0.2) is 0 Å². The molecule has 1 aromatic rings. The lowest BCUT2D eigenvalue weighted by molar-refractivity contribution is -0.109. The van der Waals surface area contributed by atoms with Crippen LogP contribution >= 0.6 is 39.3 Å². The number of hydrogen-bond donors (Lipinski definition) is 3. The molecule has 2 atom stereocenters. The summed E-state index contributed by atoms with van der Waals surface area (Å²) in [5.74, 6) is -0.140. The topological polar surface area (TPSA) is 77.8 Å². The highest BCUT2D eigenvalue weighted by Crippen LogP contribution is 2.36. The Morgan fingerprint density at radius 3 is 2.67 bits per heavy atom. The zero-order valence-corrected chi connectivity index (χ0v) is 12.6. The fraction of sp³-hybridized carbons (Fsp3) is 0.364. The number of rotatable bonds is 4. The zero-order valence-electron chi connectivity index (χ0n) is 9.43. The Labute approximate surface area is 122 Å². The van der Waals surface area contributed by atoms with Crippen molar-refractivity contribution < 1.29 is 20.1 Å². The average Bonchev–Trinajstić information content (AvgIpc) is 2.29. The Balaban J connectivity index is 2.89. The Morgan fingerprint density at radius 2 is 2.11 bits per heavy atom. The highest BCUT2D eigenvalue weighted by atomic mass is 79.9. The molecule has 0 saturated carbocycles. The van der Waals surface area contributed by atoms with Gasteiger partial charge in [-0.2, -0.15) is 0 Å². The number of halogens is 2.